The molecule has 0 radical (unpaired) electrons. The van der Waals surface area contributed by atoms with E-state index in [1.165, 1.54) is 20.7 Å². The van der Waals surface area contributed by atoms with Gasteiger partial charge in [0.2, 0.25) is 18.1 Å². The summed E-state index contributed by atoms with van der Waals surface area (Å²) in [5, 5.41) is 5.08. The number of ether oxygens (including phenoxy) is 2. The summed E-state index contributed by atoms with van der Waals surface area (Å²) < 4.78 is 18.3. The minimum atomic E-state index is -1.97. The molecule has 0 amide bonds. The Morgan fingerprint density at radius 2 is 0.879 bits per heavy atom. The monoisotopic (exact) mass is 470 g/mol. The average Bonchev–Trinajstić information content (AvgIpc) is 2.86. The molecule has 0 fully saturated rings. The fourth-order valence-corrected chi connectivity index (χ4v) is 11.1. The Kier molecular flexibility index (Phi) is 7.44. The number of hydrogen-bond acceptors (Lipinski definition) is 3. The second-order valence-electron chi connectivity index (χ2n) is 8.18. The SMILES string of the molecule is COc1ccc([SiH](O[SiH](c2ccccc2)c2ccc(OC)c(C)c2)c2ccccc2)cc1C. The second kappa shape index (κ2) is 10.7. The first-order valence-corrected chi connectivity index (χ1v) is 14.4. The molecule has 0 aliphatic rings. The number of benzene rings is 4. The fraction of sp³-hybridized carbons (Fsp3) is 0.143. The molecule has 168 valence electrons. The molecule has 0 N–H and O–H groups in total. The van der Waals surface area contributed by atoms with Gasteiger partial charge in [-0.15, -0.1) is 0 Å². The van der Waals surface area contributed by atoms with E-state index in [1.54, 1.807) is 14.2 Å². The Bertz CT molecular complexity index is 1100. The Morgan fingerprint density at radius 1 is 0.485 bits per heavy atom. The normalized spacial score (nSPS) is 12.7. The van der Waals surface area contributed by atoms with E-state index in [0.29, 0.717) is 0 Å². The molecule has 0 spiro atoms. The maximum atomic E-state index is 7.25. The van der Waals surface area contributed by atoms with Crippen molar-refractivity contribution in [1.29, 1.82) is 0 Å². The highest BCUT2D eigenvalue weighted by atomic mass is 28.4. The van der Waals surface area contributed by atoms with Crippen molar-refractivity contribution in [3.8, 4) is 11.5 Å². The Hall–Kier alpha value is -3.13. The van der Waals surface area contributed by atoms with E-state index in [2.05, 4.69) is 111 Å². The van der Waals surface area contributed by atoms with E-state index >= 15 is 0 Å². The largest absolute Gasteiger partial charge is 0.496 e. The van der Waals surface area contributed by atoms with Gasteiger partial charge in [-0.25, -0.2) is 0 Å². The highest BCUT2D eigenvalue weighted by Gasteiger charge is 2.27. The summed E-state index contributed by atoms with van der Waals surface area (Å²) in [6.45, 7) is 4.19. The molecule has 0 bridgehead atoms. The molecule has 4 aromatic carbocycles. The van der Waals surface area contributed by atoms with Crippen molar-refractivity contribution in [2.24, 2.45) is 0 Å². The van der Waals surface area contributed by atoms with E-state index in [0.717, 1.165) is 22.6 Å². The summed E-state index contributed by atoms with van der Waals surface area (Å²) in [5.41, 5.74) is 2.26. The molecular weight excluding hydrogens is 440 g/mol. The lowest BCUT2D eigenvalue weighted by atomic mass is 10.2. The van der Waals surface area contributed by atoms with E-state index in [1.807, 2.05) is 0 Å². The molecule has 5 heteroatoms. The van der Waals surface area contributed by atoms with Gasteiger partial charge in [0.25, 0.3) is 0 Å². The zero-order chi connectivity index (χ0) is 23.2. The van der Waals surface area contributed by atoms with E-state index < -0.39 is 18.1 Å². The number of methoxy groups -OCH3 is 2. The topological polar surface area (TPSA) is 27.7 Å². The maximum Gasteiger partial charge on any atom is 0.228 e. The van der Waals surface area contributed by atoms with Crippen molar-refractivity contribution in [2.45, 2.75) is 13.8 Å². The second-order valence-corrected chi connectivity index (χ2v) is 13.5. The summed E-state index contributed by atoms with van der Waals surface area (Å²) in [6, 6.07) is 34.3. The third-order valence-electron chi connectivity index (χ3n) is 5.92. The zero-order valence-electron chi connectivity index (χ0n) is 19.6. The van der Waals surface area contributed by atoms with Gasteiger partial charge in [0, 0.05) is 0 Å². The summed E-state index contributed by atoms with van der Waals surface area (Å²) >= 11 is 0. The Labute approximate surface area is 200 Å². The highest BCUT2D eigenvalue weighted by Crippen LogP contribution is 2.17. The summed E-state index contributed by atoms with van der Waals surface area (Å²) in [7, 11) is -0.501. The number of rotatable bonds is 8. The van der Waals surface area contributed by atoms with Crippen molar-refractivity contribution in [2.75, 3.05) is 14.2 Å². The van der Waals surface area contributed by atoms with E-state index in [4.69, 9.17) is 13.6 Å². The van der Waals surface area contributed by atoms with Gasteiger partial charge in [-0.2, -0.15) is 0 Å². The molecule has 0 saturated carbocycles. The molecule has 2 unspecified atom stereocenters. The molecule has 0 heterocycles. The molecule has 0 aromatic heterocycles. The molecular formula is C28H30O3Si2. The van der Waals surface area contributed by atoms with Gasteiger partial charge >= 0.3 is 0 Å². The molecule has 4 rings (SSSR count). The van der Waals surface area contributed by atoms with Gasteiger partial charge in [0.1, 0.15) is 11.5 Å². The molecule has 0 aliphatic heterocycles. The summed E-state index contributed by atoms with van der Waals surface area (Å²) in [4.78, 5) is 0. The van der Waals surface area contributed by atoms with Crippen LogP contribution in [-0.4, -0.2) is 32.3 Å². The van der Waals surface area contributed by atoms with Crippen LogP contribution in [0.15, 0.2) is 97.1 Å². The van der Waals surface area contributed by atoms with Gasteiger partial charge in [-0.05, 0) is 57.9 Å². The van der Waals surface area contributed by atoms with Crippen LogP contribution in [0, 0.1) is 13.8 Å². The fourth-order valence-electron chi connectivity index (χ4n) is 4.22. The molecule has 4 aromatic rings. The first-order valence-electron chi connectivity index (χ1n) is 11.1. The van der Waals surface area contributed by atoms with Gasteiger partial charge in [0.15, 0.2) is 0 Å². The minimum absolute atomic E-state index is 0.905. The minimum Gasteiger partial charge on any atom is -0.496 e. The van der Waals surface area contributed by atoms with Crippen molar-refractivity contribution in [1.82, 2.24) is 0 Å². The summed E-state index contributed by atoms with van der Waals surface area (Å²) in [5.74, 6) is 1.81. The number of aryl methyl sites for hydroxylation is 2. The van der Waals surface area contributed by atoms with Crippen LogP contribution >= 0.6 is 0 Å². The zero-order valence-corrected chi connectivity index (χ0v) is 21.9. The molecule has 0 saturated heterocycles. The predicted molar refractivity (Wildman–Crippen MR) is 142 cm³/mol. The Morgan fingerprint density at radius 3 is 1.21 bits per heavy atom. The summed E-state index contributed by atoms with van der Waals surface area (Å²) in [6.07, 6.45) is 0. The molecule has 3 nitrogen and oxygen atoms in total. The van der Waals surface area contributed by atoms with E-state index in [-0.39, 0.29) is 0 Å². The lowest BCUT2D eigenvalue weighted by Crippen LogP contribution is -2.56. The van der Waals surface area contributed by atoms with Crippen molar-refractivity contribution < 1.29 is 13.6 Å². The van der Waals surface area contributed by atoms with Crippen LogP contribution in [0.2, 0.25) is 0 Å². The van der Waals surface area contributed by atoms with Crippen LogP contribution < -0.4 is 30.2 Å². The van der Waals surface area contributed by atoms with Crippen molar-refractivity contribution >= 4 is 38.8 Å². The lowest BCUT2D eigenvalue weighted by Gasteiger charge is -2.26. The van der Waals surface area contributed by atoms with Crippen LogP contribution in [0.1, 0.15) is 11.1 Å². The first kappa shape index (κ1) is 23.0. The van der Waals surface area contributed by atoms with Crippen LogP contribution in [0.25, 0.3) is 0 Å². The van der Waals surface area contributed by atoms with Gasteiger partial charge < -0.3 is 13.6 Å². The smallest absolute Gasteiger partial charge is 0.228 e. The first-order chi connectivity index (χ1) is 16.1. The molecule has 33 heavy (non-hydrogen) atoms. The standard InChI is InChI=1S/C28H30O3Si2/c1-21-19-25(15-17-27(21)29-3)32(23-11-7-5-8-12-23)31-33(24-13-9-6-10-14-24)26-16-18-28(30-4)22(2)20-26/h5-20,32-33H,1-4H3. The van der Waals surface area contributed by atoms with Crippen LogP contribution in [0.5, 0.6) is 11.5 Å². The third kappa shape index (κ3) is 5.27. The lowest BCUT2D eigenvalue weighted by molar-refractivity contribution is 0.412. The van der Waals surface area contributed by atoms with Gasteiger partial charge in [0.05, 0.1) is 14.2 Å². The molecule has 0 aliphatic carbocycles. The number of hydrogen-bond donors (Lipinski definition) is 0. The third-order valence-corrected chi connectivity index (χ3v) is 12.0. The van der Waals surface area contributed by atoms with E-state index in [9.17, 15) is 0 Å². The van der Waals surface area contributed by atoms with Crippen molar-refractivity contribution in [3.05, 3.63) is 108 Å². The quantitative estimate of drug-likeness (QED) is 0.371. The highest BCUT2D eigenvalue weighted by molar-refractivity contribution is 6.91. The van der Waals surface area contributed by atoms with Crippen LogP contribution in [-0.2, 0) is 4.12 Å². The Balaban J connectivity index is 1.81. The van der Waals surface area contributed by atoms with Gasteiger partial charge in [-0.1, -0.05) is 84.9 Å². The molecule has 2 atom stereocenters. The van der Waals surface area contributed by atoms with Crippen LogP contribution in [0.4, 0.5) is 0 Å². The maximum absolute atomic E-state index is 7.25. The van der Waals surface area contributed by atoms with Gasteiger partial charge in [-0.3, -0.25) is 0 Å². The average molecular weight is 471 g/mol. The van der Waals surface area contributed by atoms with Crippen LogP contribution in [0.3, 0.4) is 0 Å². The van der Waals surface area contributed by atoms with Crippen molar-refractivity contribution in [3.63, 3.8) is 0 Å². The predicted octanol–water partition coefficient (Wildman–Crippen LogP) is 2.71.